The van der Waals surface area contributed by atoms with Crippen molar-refractivity contribution in [1.29, 1.82) is 5.26 Å². The van der Waals surface area contributed by atoms with Crippen molar-refractivity contribution in [2.24, 2.45) is 5.92 Å². The van der Waals surface area contributed by atoms with Crippen LogP contribution in [0.4, 0.5) is 5.13 Å². The van der Waals surface area contributed by atoms with Crippen LogP contribution in [0, 0.1) is 17.4 Å². The van der Waals surface area contributed by atoms with Crippen molar-refractivity contribution in [3.8, 4) is 16.6 Å². The monoisotopic (exact) mass is 376 g/mol. The lowest BCUT2D eigenvalue weighted by molar-refractivity contribution is -0.119. The SMILES string of the molecule is N#CN1CC(C(=O)Nc2ncc(-c3ccccc3)s2)C(c2cncnc2)C1. The Morgan fingerprint density at radius 1 is 1.19 bits per heavy atom. The molecule has 8 heteroatoms. The number of hydrogen-bond acceptors (Lipinski definition) is 7. The van der Waals surface area contributed by atoms with Gasteiger partial charge in [-0.2, -0.15) is 5.26 Å². The summed E-state index contributed by atoms with van der Waals surface area (Å²) in [6.07, 6.45) is 8.76. The Morgan fingerprint density at radius 3 is 2.70 bits per heavy atom. The third kappa shape index (κ3) is 3.64. The maximum Gasteiger partial charge on any atom is 0.231 e. The zero-order valence-corrected chi connectivity index (χ0v) is 15.1. The first-order valence-electron chi connectivity index (χ1n) is 8.46. The number of carbonyl (C=O) groups excluding carboxylic acids is 1. The highest BCUT2D eigenvalue weighted by Gasteiger charge is 2.39. The van der Waals surface area contributed by atoms with E-state index in [4.69, 9.17) is 0 Å². The van der Waals surface area contributed by atoms with Crippen molar-refractivity contribution in [2.45, 2.75) is 5.92 Å². The predicted octanol–water partition coefficient (Wildman–Crippen LogP) is 2.74. The van der Waals surface area contributed by atoms with Gasteiger partial charge in [0, 0.05) is 37.6 Å². The maximum atomic E-state index is 12.9. The van der Waals surface area contributed by atoms with Gasteiger partial charge in [-0.1, -0.05) is 41.7 Å². The molecule has 1 aromatic carbocycles. The lowest BCUT2D eigenvalue weighted by Crippen LogP contribution is -2.28. The van der Waals surface area contributed by atoms with Gasteiger partial charge in [0.2, 0.25) is 5.91 Å². The number of likely N-dealkylation sites (tertiary alicyclic amines) is 1. The van der Waals surface area contributed by atoms with Crippen molar-refractivity contribution in [2.75, 3.05) is 18.4 Å². The quantitative estimate of drug-likeness (QED) is 0.704. The summed E-state index contributed by atoms with van der Waals surface area (Å²) in [4.78, 5) is 27.9. The first kappa shape index (κ1) is 17.1. The molecule has 3 aromatic rings. The second kappa shape index (κ2) is 7.51. The van der Waals surface area contributed by atoms with Gasteiger partial charge in [0.15, 0.2) is 11.3 Å². The average Bonchev–Trinajstić information content (AvgIpc) is 3.36. The summed E-state index contributed by atoms with van der Waals surface area (Å²) in [6.45, 7) is 0.855. The van der Waals surface area contributed by atoms with Crippen LogP contribution in [0.5, 0.6) is 0 Å². The molecule has 1 amide bonds. The third-order valence-corrected chi connectivity index (χ3v) is 5.56. The molecule has 0 spiro atoms. The molecule has 134 valence electrons. The summed E-state index contributed by atoms with van der Waals surface area (Å²) in [6, 6.07) is 9.91. The molecule has 0 saturated carbocycles. The predicted molar refractivity (Wildman–Crippen MR) is 102 cm³/mol. The van der Waals surface area contributed by atoms with Crippen LogP contribution in [0.2, 0.25) is 0 Å². The highest BCUT2D eigenvalue weighted by Crippen LogP contribution is 2.34. The Bertz CT molecular complexity index is 969. The number of nitrogens with one attached hydrogen (secondary N) is 1. The standard InChI is InChI=1S/C19H16N6OS/c20-11-25-9-15(14-6-21-12-22-7-14)16(10-25)18(26)24-19-23-8-17(27-19)13-4-2-1-3-5-13/h1-8,12,15-16H,9-10H2,(H,23,24,26). The van der Waals surface area contributed by atoms with Gasteiger partial charge in [0.05, 0.1) is 10.8 Å². The zero-order valence-electron chi connectivity index (χ0n) is 14.3. The van der Waals surface area contributed by atoms with E-state index in [1.165, 1.54) is 17.7 Å². The molecule has 0 aliphatic carbocycles. The van der Waals surface area contributed by atoms with E-state index in [0.717, 1.165) is 16.0 Å². The molecule has 1 N–H and O–H groups in total. The molecule has 1 saturated heterocycles. The summed E-state index contributed by atoms with van der Waals surface area (Å²) in [5.41, 5.74) is 1.92. The van der Waals surface area contributed by atoms with Crippen LogP contribution in [-0.4, -0.2) is 38.8 Å². The van der Waals surface area contributed by atoms with Crippen molar-refractivity contribution >= 4 is 22.4 Å². The molecule has 7 nitrogen and oxygen atoms in total. The second-order valence-electron chi connectivity index (χ2n) is 6.27. The first-order chi connectivity index (χ1) is 13.2. The Morgan fingerprint density at radius 2 is 1.96 bits per heavy atom. The molecule has 2 atom stereocenters. The smallest absolute Gasteiger partial charge is 0.231 e. The number of nitrogens with zero attached hydrogens (tertiary/aromatic N) is 5. The van der Waals surface area contributed by atoms with Crippen LogP contribution >= 0.6 is 11.3 Å². The topological polar surface area (TPSA) is 94.8 Å². The highest BCUT2D eigenvalue weighted by molar-refractivity contribution is 7.19. The van der Waals surface area contributed by atoms with E-state index >= 15 is 0 Å². The molecule has 3 heterocycles. The van der Waals surface area contributed by atoms with Crippen molar-refractivity contribution < 1.29 is 4.79 Å². The fourth-order valence-electron chi connectivity index (χ4n) is 3.26. The summed E-state index contributed by atoms with van der Waals surface area (Å²) >= 11 is 1.43. The highest BCUT2D eigenvalue weighted by atomic mass is 32.1. The van der Waals surface area contributed by atoms with Gasteiger partial charge in [0.25, 0.3) is 0 Å². The molecule has 4 rings (SSSR count). The van der Waals surface area contributed by atoms with Crippen LogP contribution in [0.1, 0.15) is 11.5 Å². The number of nitriles is 1. The van der Waals surface area contributed by atoms with E-state index < -0.39 is 0 Å². The van der Waals surface area contributed by atoms with E-state index in [9.17, 15) is 10.1 Å². The Kier molecular flexibility index (Phi) is 4.77. The number of rotatable bonds is 4. The van der Waals surface area contributed by atoms with Crippen molar-refractivity contribution in [3.63, 3.8) is 0 Å². The third-order valence-electron chi connectivity index (χ3n) is 4.60. The van der Waals surface area contributed by atoms with E-state index in [1.54, 1.807) is 23.5 Å². The number of aromatic nitrogens is 3. The molecule has 27 heavy (non-hydrogen) atoms. The fourth-order valence-corrected chi connectivity index (χ4v) is 4.08. The number of carbonyl (C=O) groups is 1. The van der Waals surface area contributed by atoms with Gasteiger partial charge >= 0.3 is 0 Å². The summed E-state index contributed by atoms with van der Waals surface area (Å²) in [5, 5.41) is 12.7. The van der Waals surface area contributed by atoms with E-state index in [-0.39, 0.29) is 17.7 Å². The number of thiazole rings is 1. The molecule has 0 bridgehead atoms. The molecular formula is C19H16N6OS. The zero-order chi connectivity index (χ0) is 18.6. The summed E-state index contributed by atoms with van der Waals surface area (Å²) < 4.78 is 0. The normalized spacial score (nSPS) is 18.9. The van der Waals surface area contributed by atoms with E-state index in [2.05, 4.69) is 26.5 Å². The van der Waals surface area contributed by atoms with Crippen LogP contribution < -0.4 is 5.32 Å². The minimum absolute atomic E-state index is 0.126. The Balaban J connectivity index is 1.52. The van der Waals surface area contributed by atoms with Crippen molar-refractivity contribution in [3.05, 3.63) is 60.8 Å². The molecule has 2 unspecified atom stereocenters. The second-order valence-corrected chi connectivity index (χ2v) is 7.31. The lowest BCUT2D eigenvalue weighted by Gasteiger charge is -2.16. The van der Waals surface area contributed by atoms with Gasteiger partial charge < -0.3 is 10.2 Å². The van der Waals surface area contributed by atoms with Crippen LogP contribution in [-0.2, 0) is 4.79 Å². The van der Waals surface area contributed by atoms with E-state index in [1.807, 2.05) is 30.3 Å². The van der Waals surface area contributed by atoms with Crippen LogP contribution in [0.3, 0.4) is 0 Å². The van der Waals surface area contributed by atoms with Gasteiger partial charge in [-0.15, -0.1) is 0 Å². The molecule has 2 aromatic heterocycles. The minimum atomic E-state index is -0.361. The fraction of sp³-hybridized carbons (Fsp3) is 0.211. The average molecular weight is 376 g/mol. The first-order valence-corrected chi connectivity index (χ1v) is 9.28. The van der Waals surface area contributed by atoms with Gasteiger partial charge in [0.1, 0.15) is 6.33 Å². The number of hydrogen-bond donors (Lipinski definition) is 1. The maximum absolute atomic E-state index is 12.9. The Labute approximate surface area is 160 Å². The summed E-state index contributed by atoms with van der Waals surface area (Å²) in [5.74, 6) is -0.630. The number of benzene rings is 1. The van der Waals surface area contributed by atoms with Gasteiger partial charge in [-0.3, -0.25) is 4.79 Å². The largest absolute Gasteiger partial charge is 0.309 e. The molecule has 1 aliphatic heterocycles. The number of anilines is 1. The van der Waals surface area contributed by atoms with Crippen LogP contribution in [0.15, 0.2) is 55.2 Å². The molecule has 0 radical (unpaired) electrons. The van der Waals surface area contributed by atoms with Gasteiger partial charge in [-0.05, 0) is 11.1 Å². The van der Waals surface area contributed by atoms with E-state index in [0.29, 0.717) is 18.2 Å². The van der Waals surface area contributed by atoms with Crippen LogP contribution in [0.25, 0.3) is 10.4 Å². The molecular weight excluding hydrogens is 360 g/mol. The summed E-state index contributed by atoms with van der Waals surface area (Å²) in [7, 11) is 0. The Hall–Kier alpha value is -3.31. The molecule has 1 fully saturated rings. The lowest BCUT2D eigenvalue weighted by atomic mass is 9.90. The van der Waals surface area contributed by atoms with Crippen molar-refractivity contribution in [1.82, 2.24) is 19.9 Å². The molecule has 1 aliphatic rings. The number of amides is 1. The minimum Gasteiger partial charge on any atom is -0.309 e. The van der Waals surface area contributed by atoms with Gasteiger partial charge in [-0.25, -0.2) is 15.0 Å².